The summed E-state index contributed by atoms with van der Waals surface area (Å²) in [6, 6.07) is 7.73. The molecular formula is C15H16IN3O. The second kappa shape index (κ2) is 5.55. The van der Waals surface area contributed by atoms with Crippen LogP contribution >= 0.6 is 22.6 Å². The minimum Gasteiger partial charge on any atom is -0.345 e. The predicted molar refractivity (Wildman–Crippen MR) is 85.5 cm³/mol. The molecule has 1 unspecified atom stereocenters. The smallest absolute Gasteiger partial charge is 0.251 e. The zero-order chi connectivity index (χ0) is 14.1. The molecule has 0 bridgehead atoms. The lowest BCUT2D eigenvalue weighted by Gasteiger charge is -2.23. The summed E-state index contributed by atoms with van der Waals surface area (Å²) in [5, 5.41) is 7.44. The van der Waals surface area contributed by atoms with Crippen molar-refractivity contribution in [3.8, 4) is 0 Å². The van der Waals surface area contributed by atoms with Crippen molar-refractivity contribution < 1.29 is 4.79 Å². The number of halogens is 1. The highest BCUT2D eigenvalue weighted by Crippen LogP contribution is 2.29. The molecule has 3 rings (SSSR count). The van der Waals surface area contributed by atoms with Crippen LogP contribution in [0.15, 0.2) is 30.5 Å². The van der Waals surface area contributed by atoms with Gasteiger partial charge in [-0.25, -0.2) is 0 Å². The molecule has 104 valence electrons. The number of nitrogens with one attached hydrogen (secondary N) is 1. The fraction of sp³-hybridized carbons (Fsp3) is 0.333. The van der Waals surface area contributed by atoms with Gasteiger partial charge in [-0.15, -0.1) is 0 Å². The summed E-state index contributed by atoms with van der Waals surface area (Å²) in [4.78, 5) is 12.3. The van der Waals surface area contributed by atoms with Gasteiger partial charge in [-0.2, -0.15) is 5.10 Å². The van der Waals surface area contributed by atoms with E-state index in [9.17, 15) is 4.79 Å². The molecule has 1 aromatic carbocycles. The SMILES string of the molecule is Cn1ncc2c1CCCC2NC(=O)c1cccc(I)c1. The molecule has 1 heterocycles. The molecule has 5 heteroatoms. The van der Waals surface area contributed by atoms with Crippen LogP contribution in [-0.2, 0) is 13.5 Å². The maximum Gasteiger partial charge on any atom is 0.251 e. The molecule has 0 saturated carbocycles. The molecule has 0 fully saturated rings. The second-order valence-corrected chi connectivity index (χ2v) is 6.34. The molecule has 4 nitrogen and oxygen atoms in total. The monoisotopic (exact) mass is 381 g/mol. The molecule has 1 aliphatic rings. The maximum atomic E-state index is 12.3. The molecule has 2 aromatic rings. The molecule has 0 aliphatic heterocycles. The number of hydrogen-bond acceptors (Lipinski definition) is 2. The van der Waals surface area contributed by atoms with Crippen molar-refractivity contribution in [1.82, 2.24) is 15.1 Å². The number of benzene rings is 1. The highest BCUT2D eigenvalue weighted by Gasteiger charge is 2.25. The van der Waals surface area contributed by atoms with Gasteiger partial charge in [0.1, 0.15) is 0 Å². The predicted octanol–water partition coefficient (Wildman–Crippen LogP) is 2.83. The third kappa shape index (κ3) is 2.59. The Hall–Kier alpha value is -1.37. The van der Waals surface area contributed by atoms with Crippen LogP contribution < -0.4 is 5.32 Å². The third-order valence-corrected chi connectivity index (χ3v) is 4.44. The van der Waals surface area contributed by atoms with Gasteiger partial charge in [-0.05, 0) is 60.1 Å². The molecule has 1 aliphatic carbocycles. The Morgan fingerprint density at radius 2 is 2.35 bits per heavy atom. The zero-order valence-electron chi connectivity index (χ0n) is 11.3. The highest BCUT2D eigenvalue weighted by atomic mass is 127. The van der Waals surface area contributed by atoms with Crippen LogP contribution in [0.4, 0.5) is 0 Å². The lowest BCUT2D eigenvalue weighted by Crippen LogP contribution is -2.31. The molecule has 1 atom stereocenters. The third-order valence-electron chi connectivity index (χ3n) is 3.77. The van der Waals surface area contributed by atoms with Crippen molar-refractivity contribution in [2.75, 3.05) is 0 Å². The fourth-order valence-electron chi connectivity index (χ4n) is 2.73. The summed E-state index contributed by atoms with van der Waals surface area (Å²) in [5.41, 5.74) is 3.12. The Labute approximate surface area is 131 Å². The summed E-state index contributed by atoms with van der Waals surface area (Å²) in [6.07, 6.45) is 4.99. The first kappa shape index (κ1) is 13.6. The van der Waals surface area contributed by atoms with E-state index in [1.165, 1.54) is 5.69 Å². The van der Waals surface area contributed by atoms with Gasteiger partial charge in [0.2, 0.25) is 0 Å². The second-order valence-electron chi connectivity index (χ2n) is 5.10. The van der Waals surface area contributed by atoms with Crippen molar-refractivity contribution >= 4 is 28.5 Å². The van der Waals surface area contributed by atoms with Crippen molar-refractivity contribution in [3.63, 3.8) is 0 Å². The van der Waals surface area contributed by atoms with Crippen molar-refractivity contribution in [2.45, 2.75) is 25.3 Å². The number of aromatic nitrogens is 2. The average Bonchev–Trinajstić information content (AvgIpc) is 2.82. The largest absolute Gasteiger partial charge is 0.345 e. The zero-order valence-corrected chi connectivity index (χ0v) is 13.4. The van der Waals surface area contributed by atoms with Crippen molar-refractivity contribution in [1.29, 1.82) is 0 Å². The topological polar surface area (TPSA) is 46.9 Å². The molecule has 1 amide bonds. The molecule has 1 aromatic heterocycles. The van der Waals surface area contributed by atoms with E-state index in [0.717, 1.165) is 28.4 Å². The summed E-state index contributed by atoms with van der Waals surface area (Å²) in [6.45, 7) is 0. The van der Waals surface area contributed by atoms with Crippen LogP contribution in [0.25, 0.3) is 0 Å². The fourth-order valence-corrected chi connectivity index (χ4v) is 3.27. The minimum absolute atomic E-state index is 0.00906. The Balaban J connectivity index is 1.80. The summed E-state index contributed by atoms with van der Waals surface area (Å²) in [7, 11) is 1.96. The average molecular weight is 381 g/mol. The summed E-state index contributed by atoms with van der Waals surface area (Å²) >= 11 is 2.22. The van der Waals surface area contributed by atoms with Crippen molar-refractivity contribution in [2.24, 2.45) is 7.05 Å². The van der Waals surface area contributed by atoms with E-state index in [-0.39, 0.29) is 11.9 Å². The number of fused-ring (bicyclic) bond motifs is 1. The summed E-state index contributed by atoms with van der Waals surface area (Å²) < 4.78 is 2.99. The first-order valence-electron chi connectivity index (χ1n) is 6.72. The normalized spacial score (nSPS) is 17.6. The first-order chi connectivity index (χ1) is 9.65. The first-order valence-corrected chi connectivity index (χ1v) is 7.80. The quantitative estimate of drug-likeness (QED) is 0.814. The Kier molecular flexibility index (Phi) is 3.78. The lowest BCUT2D eigenvalue weighted by atomic mass is 9.93. The molecular weight excluding hydrogens is 365 g/mol. The lowest BCUT2D eigenvalue weighted by molar-refractivity contribution is 0.0932. The van der Waals surface area contributed by atoms with E-state index in [0.29, 0.717) is 5.56 Å². The van der Waals surface area contributed by atoms with Crippen LogP contribution in [0.5, 0.6) is 0 Å². The van der Waals surface area contributed by atoms with Gasteiger partial charge in [0.05, 0.1) is 12.2 Å². The van der Waals surface area contributed by atoms with Gasteiger partial charge >= 0.3 is 0 Å². The van der Waals surface area contributed by atoms with Crippen LogP contribution in [0.3, 0.4) is 0 Å². The van der Waals surface area contributed by atoms with Crippen LogP contribution in [0, 0.1) is 3.57 Å². The molecule has 0 saturated heterocycles. The van der Waals surface area contributed by atoms with E-state index in [1.54, 1.807) is 0 Å². The molecule has 0 spiro atoms. The van der Waals surface area contributed by atoms with Gasteiger partial charge in [0.15, 0.2) is 0 Å². The van der Waals surface area contributed by atoms with Gasteiger partial charge in [-0.3, -0.25) is 9.48 Å². The number of nitrogens with zero attached hydrogens (tertiary/aromatic N) is 2. The number of rotatable bonds is 2. The number of carbonyl (C=O) groups excluding carboxylic acids is 1. The standard InChI is InChI=1S/C15H16IN3O/c1-19-14-7-3-6-13(12(14)9-17-19)18-15(20)10-4-2-5-11(16)8-10/h2,4-5,8-9,13H,3,6-7H2,1H3,(H,18,20). The number of hydrogen-bond donors (Lipinski definition) is 1. The van der Waals surface area contributed by atoms with E-state index in [1.807, 2.05) is 42.2 Å². The number of carbonyl (C=O) groups is 1. The van der Waals surface area contributed by atoms with Gasteiger partial charge in [0.25, 0.3) is 5.91 Å². The van der Waals surface area contributed by atoms with Gasteiger partial charge in [-0.1, -0.05) is 6.07 Å². The van der Waals surface area contributed by atoms with Gasteiger partial charge in [0, 0.05) is 27.4 Å². The maximum absolute atomic E-state index is 12.3. The van der Waals surface area contributed by atoms with Crippen LogP contribution in [0.1, 0.15) is 40.5 Å². The molecule has 20 heavy (non-hydrogen) atoms. The van der Waals surface area contributed by atoms with E-state index in [2.05, 4.69) is 33.0 Å². The molecule has 0 radical (unpaired) electrons. The number of aryl methyl sites for hydroxylation is 1. The Morgan fingerprint density at radius 3 is 3.15 bits per heavy atom. The van der Waals surface area contributed by atoms with E-state index < -0.39 is 0 Å². The Bertz CT molecular complexity index is 650. The van der Waals surface area contributed by atoms with E-state index >= 15 is 0 Å². The minimum atomic E-state index is -0.00906. The number of amides is 1. The van der Waals surface area contributed by atoms with E-state index in [4.69, 9.17) is 0 Å². The summed E-state index contributed by atoms with van der Waals surface area (Å²) in [5.74, 6) is -0.00906. The van der Waals surface area contributed by atoms with Crippen molar-refractivity contribution in [3.05, 3.63) is 50.9 Å². The molecule has 1 N–H and O–H groups in total. The van der Waals surface area contributed by atoms with Gasteiger partial charge < -0.3 is 5.32 Å². The Morgan fingerprint density at radius 1 is 1.50 bits per heavy atom. The van der Waals surface area contributed by atoms with Crippen LogP contribution in [0.2, 0.25) is 0 Å². The van der Waals surface area contributed by atoms with Crippen LogP contribution in [-0.4, -0.2) is 15.7 Å². The highest BCUT2D eigenvalue weighted by molar-refractivity contribution is 14.1.